The zero-order valence-electron chi connectivity index (χ0n) is 14.2. The Morgan fingerprint density at radius 2 is 1.43 bits per heavy atom. The number of carbonyl (C=O) groups is 1. The number of carboxylic acid groups (broad SMARTS) is 1. The van der Waals surface area contributed by atoms with Crippen molar-refractivity contribution < 1.29 is 15.0 Å². The number of aliphatic hydroxyl groups is 1. The zero-order chi connectivity index (χ0) is 17.2. The maximum atomic E-state index is 10.3. The third-order valence-corrected chi connectivity index (χ3v) is 3.02. The third kappa shape index (κ3) is 17.9. The highest BCUT2D eigenvalue weighted by molar-refractivity contribution is 5.66. The minimum absolute atomic E-state index is 0.230. The third-order valence-electron chi connectivity index (χ3n) is 3.02. The predicted molar refractivity (Wildman–Crippen MR) is 97.5 cm³/mol. The average Bonchev–Trinajstić information content (AvgIpc) is 2.52. The molecular formula is C20H30O3. The van der Waals surface area contributed by atoms with Crippen LogP contribution < -0.4 is 0 Å². The minimum atomic E-state index is -0.739. The van der Waals surface area contributed by atoms with Crippen LogP contribution >= 0.6 is 0 Å². The molecule has 2 N–H and O–H groups in total. The van der Waals surface area contributed by atoms with Crippen LogP contribution in [0.15, 0.2) is 60.4 Å². The van der Waals surface area contributed by atoms with E-state index in [4.69, 9.17) is 5.11 Å². The average molecular weight is 318 g/mol. The Kier molecular flexibility index (Phi) is 14.9. The lowest BCUT2D eigenvalue weighted by molar-refractivity contribution is -0.137. The van der Waals surface area contributed by atoms with Crippen LogP contribution in [0.2, 0.25) is 0 Å². The molecule has 0 bridgehead atoms. The zero-order valence-corrected chi connectivity index (χ0v) is 14.2. The Bertz CT molecular complexity index is 440. The molecule has 0 aromatic rings. The van der Waals surface area contributed by atoms with Gasteiger partial charge in [0.2, 0.25) is 0 Å². The fourth-order valence-corrected chi connectivity index (χ4v) is 1.79. The molecule has 3 heteroatoms. The first-order valence-corrected chi connectivity index (χ1v) is 8.36. The Labute approximate surface area is 140 Å². The van der Waals surface area contributed by atoms with Gasteiger partial charge in [-0.15, -0.1) is 0 Å². The normalized spacial score (nSPS) is 13.2. The summed E-state index contributed by atoms with van der Waals surface area (Å²) >= 11 is 0. The second-order valence-corrected chi connectivity index (χ2v) is 5.19. The van der Waals surface area contributed by atoms with Crippen LogP contribution in [0, 0.1) is 0 Å². The molecular weight excluding hydrogens is 288 g/mol. The Hall–Kier alpha value is -2.03. The molecule has 0 saturated carbocycles. The summed E-state index contributed by atoms with van der Waals surface area (Å²) in [6.07, 6.45) is 24.1. The van der Waals surface area contributed by atoms with Crippen LogP contribution in [0.3, 0.4) is 0 Å². The summed E-state index contributed by atoms with van der Waals surface area (Å²) in [5.74, 6) is -0.341. The van der Waals surface area contributed by atoms with Crippen LogP contribution in [-0.2, 0) is 4.79 Å². The van der Waals surface area contributed by atoms with Gasteiger partial charge in [0.1, 0.15) is 0 Å². The van der Waals surface area contributed by atoms with E-state index in [0.717, 1.165) is 32.1 Å². The van der Waals surface area contributed by atoms with Gasteiger partial charge in [0.15, 0.2) is 0 Å². The SMILES string of the molecule is CC/C=C\C/C=C\C/C(O)=C\C/C=C\C/C=C\CCCC(=O)O. The van der Waals surface area contributed by atoms with Gasteiger partial charge in [-0.2, -0.15) is 0 Å². The number of rotatable bonds is 13. The second-order valence-electron chi connectivity index (χ2n) is 5.19. The number of aliphatic carboxylic acids is 1. The predicted octanol–water partition coefficient (Wildman–Crippen LogP) is 5.88. The van der Waals surface area contributed by atoms with Crippen LogP contribution in [0.4, 0.5) is 0 Å². The molecule has 0 aliphatic heterocycles. The first-order valence-electron chi connectivity index (χ1n) is 8.36. The molecule has 0 atom stereocenters. The summed E-state index contributed by atoms with van der Waals surface area (Å²) in [5, 5.41) is 18.2. The summed E-state index contributed by atoms with van der Waals surface area (Å²) in [4.78, 5) is 10.3. The van der Waals surface area contributed by atoms with Crippen molar-refractivity contribution in [1.29, 1.82) is 0 Å². The summed E-state index contributed by atoms with van der Waals surface area (Å²) in [6, 6.07) is 0. The Balaban J connectivity index is 3.67. The van der Waals surface area contributed by atoms with Gasteiger partial charge in [-0.25, -0.2) is 0 Å². The summed E-state index contributed by atoms with van der Waals surface area (Å²) in [5.41, 5.74) is 0. The molecule has 0 amide bonds. The van der Waals surface area contributed by atoms with E-state index in [1.165, 1.54) is 0 Å². The summed E-state index contributed by atoms with van der Waals surface area (Å²) in [7, 11) is 0. The van der Waals surface area contributed by atoms with Crippen molar-refractivity contribution in [3.05, 3.63) is 60.4 Å². The first kappa shape index (κ1) is 21.0. The molecule has 0 rings (SSSR count). The summed E-state index contributed by atoms with van der Waals surface area (Å²) < 4.78 is 0. The van der Waals surface area contributed by atoms with Gasteiger partial charge in [-0.3, -0.25) is 4.79 Å². The molecule has 0 radical (unpaired) electrons. The minimum Gasteiger partial charge on any atom is -0.512 e. The van der Waals surface area contributed by atoms with E-state index in [1.807, 2.05) is 36.5 Å². The number of aliphatic hydroxyl groups excluding tert-OH is 1. The molecule has 0 saturated heterocycles. The number of hydrogen-bond donors (Lipinski definition) is 2. The topological polar surface area (TPSA) is 57.5 Å². The van der Waals surface area contributed by atoms with Crippen molar-refractivity contribution in [2.45, 2.75) is 58.3 Å². The van der Waals surface area contributed by atoms with E-state index in [-0.39, 0.29) is 6.42 Å². The van der Waals surface area contributed by atoms with Crippen molar-refractivity contribution >= 4 is 5.97 Å². The van der Waals surface area contributed by atoms with Crippen LogP contribution in [0.1, 0.15) is 58.3 Å². The van der Waals surface area contributed by atoms with Gasteiger partial charge in [-0.1, -0.05) is 55.5 Å². The number of hydrogen-bond acceptors (Lipinski definition) is 2. The highest BCUT2D eigenvalue weighted by Gasteiger charge is 1.92. The maximum absolute atomic E-state index is 10.3. The molecule has 128 valence electrons. The van der Waals surface area contributed by atoms with Crippen molar-refractivity contribution in [2.75, 3.05) is 0 Å². The lowest BCUT2D eigenvalue weighted by Crippen LogP contribution is -1.92. The molecule has 0 unspecified atom stereocenters. The van der Waals surface area contributed by atoms with E-state index in [9.17, 15) is 9.90 Å². The van der Waals surface area contributed by atoms with Gasteiger partial charge in [-0.05, 0) is 44.6 Å². The molecule has 0 heterocycles. The largest absolute Gasteiger partial charge is 0.512 e. The van der Waals surface area contributed by atoms with Crippen LogP contribution in [-0.4, -0.2) is 16.2 Å². The maximum Gasteiger partial charge on any atom is 0.303 e. The standard InChI is InChI=1S/C20H30O3/c1-2-3-4-5-10-13-16-19(21)17-14-11-8-6-7-9-12-15-18-20(22)23/h3-4,7-11,13,17,21H,2,5-6,12,14-16,18H2,1H3,(H,22,23)/b4-3-,9-7-,11-8-,13-10-,19-17+. The lowest BCUT2D eigenvalue weighted by Gasteiger charge is -1.93. The Morgan fingerprint density at radius 3 is 2.13 bits per heavy atom. The Morgan fingerprint density at radius 1 is 0.826 bits per heavy atom. The van der Waals surface area contributed by atoms with E-state index >= 15 is 0 Å². The molecule has 0 spiro atoms. The number of unbranched alkanes of at least 4 members (excludes halogenated alkanes) is 1. The molecule has 0 aliphatic rings. The van der Waals surface area contributed by atoms with Gasteiger partial charge >= 0.3 is 5.97 Å². The van der Waals surface area contributed by atoms with Crippen molar-refractivity contribution in [2.24, 2.45) is 0 Å². The van der Waals surface area contributed by atoms with E-state index in [1.54, 1.807) is 0 Å². The fraction of sp³-hybridized carbons (Fsp3) is 0.450. The van der Waals surface area contributed by atoms with Crippen LogP contribution in [0.5, 0.6) is 0 Å². The number of allylic oxidation sites excluding steroid dienone is 9. The van der Waals surface area contributed by atoms with Crippen molar-refractivity contribution in [3.8, 4) is 0 Å². The quantitative estimate of drug-likeness (QED) is 0.253. The van der Waals surface area contributed by atoms with E-state index in [0.29, 0.717) is 18.6 Å². The second kappa shape index (κ2) is 16.3. The van der Waals surface area contributed by atoms with Crippen molar-refractivity contribution in [1.82, 2.24) is 0 Å². The van der Waals surface area contributed by atoms with Crippen molar-refractivity contribution in [3.63, 3.8) is 0 Å². The fourth-order valence-electron chi connectivity index (χ4n) is 1.79. The summed E-state index contributed by atoms with van der Waals surface area (Å²) in [6.45, 7) is 2.11. The molecule has 0 aliphatic carbocycles. The molecule has 0 aromatic heterocycles. The molecule has 3 nitrogen and oxygen atoms in total. The highest BCUT2D eigenvalue weighted by Crippen LogP contribution is 2.02. The monoisotopic (exact) mass is 318 g/mol. The van der Waals surface area contributed by atoms with Gasteiger partial charge in [0.05, 0.1) is 5.76 Å². The number of carboxylic acids is 1. The van der Waals surface area contributed by atoms with E-state index < -0.39 is 5.97 Å². The van der Waals surface area contributed by atoms with Gasteiger partial charge in [0, 0.05) is 12.8 Å². The highest BCUT2D eigenvalue weighted by atomic mass is 16.4. The molecule has 0 fully saturated rings. The molecule has 0 aromatic carbocycles. The smallest absolute Gasteiger partial charge is 0.303 e. The van der Waals surface area contributed by atoms with Gasteiger partial charge in [0.25, 0.3) is 0 Å². The molecule has 23 heavy (non-hydrogen) atoms. The lowest BCUT2D eigenvalue weighted by atomic mass is 10.2. The first-order chi connectivity index (χ1) is 11.2. The van der Waals surface area contributed by atoms with Gasteiger partial charge < -0.3 is 10.2 Å². The van der Waals surface area contributed by atoms with Crippen LogP contribution in [0.25, 0.3) is 0 Å². The van der Waals surface area contributed by atoms with E-state index in [2.05, 4.69) is 25.2 Å².